The van der Waals surface area contributed by atoms with Crippen molar-refractivity contribution in [1.29, 1.82) is 0 Å². The number of anilines is 1. The van der Waals surface area contributed by atoms with Gasteiger partial charge in [-0.15, -0.1) is 0 Å². The van der Waals surface area contributed by atoms with E-state index in [2.05, 4.69) is 16.4 Å². The number of pyridine rings is 1. The minimum absolute atomic E-state index is 0.626. The number of nitrogens with zero attached hydrogens (tertiary/aromatic N) is 1. The molecule has 0 amide bonds. The summed E-state index contributed by atoms with van der Waals surface area (Å²) in [6, 6.07) is 19.9. The Bertz CT molecular complexity index is 677. The number of hydrogen-bond donors (Lipinski definition) is 1. The molecule has 3 rings (SSSR count). The van der Waals surface area contributed by atoms with Gasteiger partial charge in [0, 0.05) is 23.8 Å². The lowest BCUT2D eigenvalue weighted by atomic mass is 10.2. The van der Waals surface area contributed by atoms with Gasteiger partial charge in [0.05, 0.1) is 5.52 Å². The topological polar surface area (TPSA) is 34.1 Å². The molecule has 1 heterocycles. The van der Waals surface area contributed by atoms with Gasteiger partial charge >= 0.3 is 0 Å². The second-order valence-corrected chi connectivity index (χ2v) is 4.46. The molecule has 0 fully saturated rings. The lowest BCUT2D eigenvalue weighted by Gasteiger charge is -2.10. The number of ether oxygens (including phenoxy) is 1. The zero-order chi connectivity index (χ0) is 13.6. The van der Waals surface area contributed by atoms with Crippen molar-refractivity contribution in [1.82, 2.24) is 4.98 Å². The van der Waals surface area contributed by atoms with Crippen molar-refractivity contribution >= 4 is 16.6 Å². The van der Waals surface area contributed by atoms with E-state index >= 15 is 0 Å². The number of rotatable bonds is 5. The van der Waals surface area contributed by atoms with E-state index in [0.717, 1.165) is 28.9 Å². The summed E-state index contributed by atoms with van der Waals surface area (Å²) in [5.74, 6) is 0.897. The molecule has 0 aliphatic heterocycles. The molecule has 0 spiro atoms. The molecule has 0 radical (unpaired) electrons. The highest BCUT2D eigenvalue weighted by Crippen LogP contribution is 2.20. The van der Waals surface area contributed by atoms with E-state index in [-0.39, 0.29) is 0 Å². The normalized spacial score (nSPS) is 10.4. The van der Waals surface area contributed by atoms with Crippen LogP contribution in [0.15, 0.2) is 66.9 Å². The highest BCUT2D eigenvalue weighted by molar-refractivity contribution is 5.90. The largest absolute Gasteiger partial charge is 0.492 e. The summed E-state index contributed by atoms with van der Waals surface area (Å²) >= 11 is 0. The maximum Gasteiger partial charge on any atom is 0.119 e. The molecule has 3 heteroatoms. The molecule has 3 aromatic rings. The minimum atomic E-state index is 0.626. The third kappa shape index (κ3) is 2.88. The Balaban J connectivity index is 1.60. The fourth-order valence-electron chi connectivity index (χ4n) is 2.12. The van der Waals surface area contributed by atoms with Gasteiger partial charge in [-0.3, -0.25) is 4.98 Å². The van der Waals surface area contributed by atoms with E-state index in [1.54, 1.807) is 0 Å². The average molecular weight is 264 g/mol. The Morgan fingerprint density at radius 3 is 2.60 bits per heavy atom. The van der Waals surface area contributed by atoms with Crippen LogP contribution < -0.4 is 10.1 Å². The quantitative estimate of drug-likeness (QED) is 0.713. The Morgan fingerprint density at radius 1 is 0.900 bits per heavy atom. The molecule has 1 aromatic heterocycles. The first-order valence-electron chi connectivity index (χ1n) is 6.69. The zero-order valence-corrected chi connectivity index (χ0v) is 11.1. The smallest absolute Gasteiger partial charge is 0.119 e. The molecule has 1 N–H and O–H groups in total. The minimum Gasteiger partial charge on any atom is -0.492 e. The van der Waals surface area contributed by atoms with Crippen molar-refractivity contribution in [2.75, 3.05) is 18.5 Å². The zero-order valence-electron chi connectivity index (χ0n) is 11.1. The number of aromatic nitrogens is 1. The number of hydrogen-bond acceptors (Lipinski definition) is 3. The fraction of sp³-hybridized carbons (Fsp3) is 0.118. The number of benzene rings is 2. The summed E-state index contributed by atoms with van der Waals surface area (Å²) in [5, 5.41) is 4.53. The van der Waals surface area contributed by atoms with Gasteiger partial charge < -0.3 is 10.1 Å². The maximum absolute atomic E-state index is 5.66. The summed E-state index contributed by atoms with van der Waals surface area (Å²) in [4.78, 5) is 4.35. The molecule has 2 aromatic carbocycles. The summed E-state index contributed by atoms with van der Waals surface area (Å²) in [6.45, 7) is 1.38. The predicted octanol–water partition coefficient (Wildman–Crippen LogP) is 3.73. The van der Waals surface area contributed by atoms with E-state index in [1.165, 1.54) is 0 Å². The Kier molecular flexibility index (Phi) is 3.78. The highest BCUT2D eigenvalue weighted by atomic mass is 16.5. The van der Waals surface area contributed by atoms with Gasteiger partial charge in [0.25, 0.3) is 0 Å². The van der Waals surface area contributed by atoms with Crippen molar-refractivity contribution in [3.05, 3.63) is 66.9 Å². The first-order valence-corrected chi connectivity index (χ1v) is 6.69. The van der Waals surface area contributed by atoms with Crippen molar-refractivity contribution in [3.63, 3.8) is 0 Å². The fourth-order valence-corrected chi connectivity index (χ4v) is 2.12. The van der Waals surface area contributed by atoms with Crippen LogP contribution in [0, 0.1) is 0 Å². The van der Waals surface area contributed by atoms with Crippen LogP contribution in [0.5, 0.6) is 5.75 Å². The van der Waals surface area contributed by atoms with Crippen LogP contribution in [0.4, 0.5) is 5.69 Å². The molecule has 100 valence electrons. The van der Waals surface area contributed by atoms with E-state index in [0.29, 0.717) is 6.61 Å². The van der Waals surface area contributed by atoms with Crippen LogP contribution in [0.3, 0.4) is 0 Å². The van der Waals surface area contributed by atoms with Crippen LogP contribution in [0.1, 0.15) is 0 Å². The molecular weight excluding hydrogens is 248 g/mol. The first kappa shape index (κ1) is 12.5. The summed E-state index contributed by atoms with van der Waals surface area (Å²) in [5.41, 5.74) is 2.09. The van der Waals surface area contributed by atoms with Crippen LogP contribution in [-0.4, -0.2) is 18.1 Å². The SMILES string of the molecule is c1ccc(OCCNc2ccnc3ccccc23)cc1. The standard InChI is InChI=1S/C17H16N2O/c1-2-6-14(7-3-1)20-13-12-19-17-10-11-18-16-9-5-4-8-15(16)17/h1-11H,12-13H2,(H,18,19). The highest BCUT2D eigenvalue weighted by Gasteiger charge is 2.00. The molecule has 20 heavy (non-hydrogen) atoms. The van der Waals surface area contributed by atoms with Crippen molar-refractivity contribution in [2.45, 2.75) is 0 Å². The predicted molar refractivity (Wildman–Crippen MR) is 82.2 cm³/mol. The van der Waals surface area contributed by atoms with Gasteiger partial charge in [-0.2, -0.15) is 0 Å². The lowest BCUT2D eigenvalue weighted by Crippen LogP contribution is -2.11. The van der Waals surface area contributed by atoms with Gasteiger partial charge in [-0.25, -0.2) is 0 Å². The monoisotopic (exact) mass is 264 g/mol. The van der Waals surface area contributed by atoms with Crippen molar-refractivity contribution in [2.24, 2.45) is 0 Å². The molecule has 0 saturated carbocycles. The summed E-state index contributed by atoms with van der Waals surface area (Å²) in [6.07, 6.45) is 1.82. The molecule has 0 saturated heterocycles. The molecular formula is C17H16N2O. The van der Waals surface area contributed by atoms with Gasteiger partial charge in [0.2, 0.25) is 0 Å². The van der Waals surface area contributed by atoms with Crippen LogP contribution in [-0.2, 0) is 0 Å². The number of fused-ring (bicyclic) bond motifs is 1. The van der Waals surface area contributed by atoms with Crippen molar-refractivity contribution < 1.29 is 4.74 Å². The van der Waals surface area contributed by atoms with E-state index < -0.39 is 0 Å². The van der Waals surface area contributed by atoms with E-state index in [9.17, 15) is 0 Å². The third-order valence-electron chi connectivity index (χ3n) is 3.08. The lowest BCUT2D eigenvalue weighted by molar-refractivity contribution is 0.333. The Morgan fingerprint density at radius 2 is 1.70 bits per heavy atom. The van der Waals surface area contributed by atoms with E-state index in [1.807, 2.05) is 60.8 Å². The molecule has 0 bridgehead atoms. The Hall–Kier alpha value is -2.55. The second kappa shape index (κ2) is 6.06. The van der Waals surface area contributed by atoms with Crippen LogP contribution in [0.25, 0.3) is 10.9 Å². The number of nitrogens with one attached hydrogen (secondary N) is 1. The van der Waals surface area contributed by atoms with Crippen LogP contribution in [0.2, 0.25) is 0 Å². The molecule has 0 unspecified atom stereocenters. The summed E-state index contributed by atoms with van der Waals surface area (Å²) in [7, 11) is 0. The van der Waals surface area contributed by atoms with Gasteiger partial charge in [0.1, 0.15) is 12.4 Å². The second-order valence-electron chi connectivity index (χ2n) is 4.46. The first-order chi connectivity index (χ1) is 9.93. The van der Waals surface area contributed by atoms with E-state index in [4.69, 9.17) is 4.74 Å². The number of para-hydroxylation sites is 2. The van der Waals surface area contributed by atoms with Crippen LogP contribution >= 0.6 is 0 Å². The molecule has 3 nitrogen and oxygen atoms in total. The van der Waals surface area contributed by atoms with Gasteiger partial charge in [-0.05, 0) is 24.3 Å². The third-order valence-corrected chi connectivity index (χ3v) is 3.08. The van der Waals surface area contributed by atoms with Crippen molar-refractivity contribution in [3.8, 4) is 5.75 Å². The van der Waals surface area contributed by atoms with Gasteiger partial charge in [-0.1, -0.05) is 36.4 Å². The molecule has 0 aliphatic rings. The van der Waals surface area contributed by atoms with Gasteiger partial charge in [0.15, 0.2) is 0 Å². The average Bonchev–Trinajstić information content (AvgIpc) is 2.53. The summed E-state index contributed by atoms with van der Waals surface area (Å²) < 4.78 is 5.66. The molecule has 0 atom stereocenters. The molecule has 0 aliphatic carbocycles. The Labute approximate surface area is 118 Å². The maximum atomic E-state index is 5.66.